The zero-order chi connectivity index (χ0) is 15.6. The number of nitrogens with one attached hydrogen (secondary N) is 1. The standard InChI is InChI=1S/C17H22N2OS/c1-11-7-12(2)16(13(3)8-11)21-9-15(20)19-17(4,10-18)14-5-6-14/h7-8,14H,5-6,9H2,1-4H3,(H,19,20)/t17-/m0/s1. The number of aryl methyl sites for hydroxylation is 3. The molecule has 112 valence electrons. The first-order valence-corrected chi connectivity index (χ1v) is 8.27. The lowest BCUT2D eigenvalue weighted by Crippen LogP contribution is -2.47. The number of hydrogen-bond acceptors (Lipinski definition) is 3. The number of rotatable bonds is 5. The molecule has 2 rings (SSSR count). The summed E-state index contributed by atoms with van der Waals surface area (Å²) in [5.41, 5.74) is 2.95. The first-order chi connectivity index (χ1) is 9.85. The van der Waals surface area contributed by atoms with Crippen molar-refractivity contribution in [1.82, 2.24) is 5.32 Å². The molecule has 1 fully saturated rings. The predicted molar refractivity (Wildman–Crippen MR) is 86.3 cm³/mol. The molecule has 1 atom stereocenters. The third-order valence-electron chi connectivity index (χ3n) is 3.98. The molecule has 1 amide bonds. The van der Waals surface area contributed by atoms with Crippen molar-refractivity contribution in [2.75, 3.05) is 5.75 Å². The number of nitrogens with zero attached hydrogens (tertiary/aromatic N) is 1. The van der Waals surface area contributed by atoms with Gasteiger partial charge in [-0.3, -0.25) is 4.79 Å². The summed E-state index contributed by atoms with van der Waals surface area (Å²) in [4.78, 5) is 13.3. The lowest BCUT2D eigenvalue weighted by Gasteiger charge is -2.23. The minimum atomic E-state index is -0.699. The summed E-state index contributed by atoms with van der Waals surface area (Å²) in [6.45, 7) is 8.05. The highest BCUT2D eigenvalue weighted by Crippen LogP contribution is 2.39. The maximum Gasteiger partial charge on any atom is 0.231 e. The maximum absolute atomic E-state index is 12.1. The second-order valence-corrected chi connectivity index (χ2v) is 7.14. The van der Waals surface area contributed by atoms with E-state index in [0.29, 0.717) is 11.7 Å². The summed E-state index contributed by atoms with van der Waals surface area (Å²) < 4.78 is 0. The van der Waals surface area contributed by atoms with Crippen molar-refractivity contribution in [3.63, 3.8) is 0 Å². The van der Waals surface area contributed by atoms with Crippen molar-refractivity contribution in [2.24, 2.45) is 5.92 Å². The Kier molecular flexibility index (Phi) is 4.63. The normalized spacial score (nSPS) is 16.9. The van der Waals surface area contributed by atoms with Crippen LogP contribution in [0.5, 0.6) is 0 Å². The molecule has 1 aliphatic carbocycles. The molecule has 0 bridgehead atoms. The lowest BCUT2D eigenvalue weighted by atomic mass is 9.98. The predicted octanol–water partition coefficient (Wildman–Crippen LogP) is 3.51. The first-order valence-electron chi connectivity index (χ1n) is 7.28. The van der Waals surface area contributed by atoms with Crippen LogP contribution in [0.25, 0.3) is 0 Å². The summed E-state index contributed by atoms with van der Waals surface area (Å²) in [5.74, 6) is 0.615. The smallest absolute Gasteiger partial charge is 0.231 e. The van der Waals surface area contributed by atoms with E-state index in [2.05, 4.69) is 44.3 Å². The first kappa shape index (κ1) is 15.9. The molecule has 0 saturated heterocycles. The fourth-order valence-electron chi connectivity index (χ4n) is 2.74. The van der Waals surface area contributed by atoms with Crippen LogP contribution in [0.1, 0.15) is 36.5 Å². The molecule has 0 spiro atoms. The van der Waals surface area contributed by atoms with Gasteiger partial charge < -0.3 is 5.32 Å². The highest BCUT2D eigenvalue weighted by molar-refractivity contribution is 8.00. The topological polar surface area (TPSA) is 52.9 Å². The third kappa shape index (κ3) is 3.79. The number of carbonyl (C=O) groups is 1. The van der Waals surface area contributed by atoms with Crippen molar-refractivity contribution < 1.29 is 4.79 Å². The molecule has 1 aromatic rings. The number of carbonyl (C=O) groups excluding carboxylic acids is 1. The minimum absolute atomic E-state index is 0.0599. The molecular weight excluding hydrogens is 280 g/mol. The highest BCUT2D eigenvalue weighted by Gasteiger charge is 2.42. The Hall–Kier alpha value is -1.47. The maximum atomic E-state index is 12.1. The van der Waals surface area contributed by atoms with E-state index in [1.54, 1.807) is 11.8 Å². The van der Waals surface area contributed by atoms with E-state index in [0.717, 1.165) is 12.8 Å². The minimum Gasteiger partial charge on any atom is -0.337 e. The van der Waals surface area contributed by atoms with Gasteiger partial charge in [-0.1, -0.05) is 17.7 Å². The van der Waals surface area contributed by atoms with Gasteiger partial charge >= 0.3 is 0 Å². The van der Waals surface area contributed by atoms with Crippen molar-refractivity contribution in [2.45, 2.75) is 51.0 Å². The number of nitriles is 1. The molecule has 0 unspecified atom stereocenters. The molecule has 0 aromatic heterocycles. The Labute approximate surface area is 131 Å². The van der Waals surface area contributed by atoms with Crippen LogP contribution in [0.4, 0.5) is 0 Å². The van der Waals surface area contributed by atoms with Crippen LogP contribution >= 0.6 is 11.8 Å². The zero-order valence-electron chi connectivity index (χ0n) is 13.1. The molecule has 0 radical (unpaired) electrons. The van der Waals surface area contributed by atoms with E-state index in [-0.39, 0.29) is 5.91 Å². The molecule has 1 aliphatic rings. The Balaban J connectivity index is 1.97. The zero-order valence-corrected chi connectivity index (χ0v) is 13.9. The fourth-order valence-corrected chi connectivity index (χ4v) is 3.66. The average molecular weight is 302 g/mol. The van der Waals surface area contributed by atoms with E-state index in [1.807, 2.05) is 6.92 Å². The van der Waals surface area contributed by atoms with Gasteiger partial charge in [0.15, 0.2) is 0 Å². The van der Waals surface area contributed by atoms with E-state index in [9.17, 15) is 10.1 Å². The van der Waals surface area contributed by atoms with Gasteiger partial charge in [-0.2, -0.15) is 5.26 Å². The molecule has 1 aromatic carbocycles. The second kappa shape index (κ2) is 6.11. The van der Waals surface area contributed by atoms with Crippen LogP contribution in [-0.2, 0) is 4.79 Å². The van der Waals surface area contributed by atoms with Gasteiger partial charge in [0.05, 0.1) is 11.8 Å². The second-order valence-electron chi connectivity index (χ2n) is 6.15. The molecule has 1 N–H and O–H groups in total. The van der Waals surface area contributed by atoms with Crippen molar-refractivity contribution in [3.8, 4) is 6.07 Å². The molecular formula is C17H22N2OS. The van der Waals surface area contributed by atoms with Gasteiger partial charge in [-0.15, -0.1) is 11.8 Å². The van der Waals surface area contributed by atoms with Crippen molar-refractivity contribution in [1.29, 1.82) is 5.26 Å². The molecule has 0 heterocycles. The van der Waals surface area contributed by atoms with E-state index >= 15 is 0 Å². The Bertz CT molecular complexity index is 578. The number of hydrogen-bond donors (Lipinski definition) is 1. The summed E-state index contributed by atoms with van der Waals surface area (Å²) in [6, 6.07) is 6.53. The lowest BCUT2D eigenvalue weighted by molar-refractivity contribution is -0.119. The van der Waals surface area contributed by atoms with Crippen LogP contribution in [0.3, 0.4) is 0 Å². The Morgan fingerprint density at radius 2 is 1.95 bits per heavy atom. The van der Waals surface area contributed by atoms with Crippen molar-refractivity contribution >= 4 is 17.7 Å². The molecule has 4 heteroatoms. The van der Waals surface area contributed by atoms with E-state index in [4.69, 9.17) is 0 Å². The molecule has 21 heavy (non-hydrogen) atoms. The van der Waals surface area contributed by atoms with Gasteiger partial charge in [-0.05, 0) is 57.6 Å². The van der Waals surface area contributed by atoms with Crippen LogP contribution in [-0.4, -0.2) is 17.2 Å². The Morgan fingerprint density at radius 1 is 1.38 bits per heavy atom. The summed E-state index contributed by atoms with van der Waals surface area (Å²) in [5, 5.41) is 12.2. The van der Waals surface area contributed by atoms with Crippen LogP contribution < -0.4 is 5.32 Å². The molecule has 0 aliphatic heterocycles. The van der Waals surface area contributed by atoms with E-state index in [1.165, 1.54) is 21.6 Å². The SMILES string of the molecule is Cc1cc(C)c(SCC(=O)N[C@@](C)(C#N)C2CC2)c(C)c1. The molecule has 3 nitrogen and oxygen atoms in total. The molecule has 1 saturated carbocycles. The van der Waals surface area contributed by atoms with Gasteiger partial charge in [0.25, 0.3) is 0 Å². The summed E-state index contributed by atoms with van der Waals surface area (Å²) in [6.07, 6.45) is 2.07. The van der Waals surface area contributed by atoms with Crippen LogP contribution in [0, 0.1) is 38.0 Å². The van der Waals surface area contributed by atoms with Gasteiger partial charge in [-0.25, -0.2) is 0 Å². The monoisotopic (exact) mass is 302 g/mol. The largest absolute Gasteiger partial charge is 0.337 e. The van der Waals surface area contributed by atoms with Gasteiger partial charge in [0.1, 0.15) is 5.54 Å². The third-order valence-corrected chi connectivity index (χ3v) is 5.32. The van der Waals surface area contributed by atoms with Gasteiger partial charge in [0, 0.05) is 4.90 Å². The van der Waals surface area contributed by atoms with Crippen LogP contribution in [0.15, 0.2) is 17.0 Å². The highest BCUT2D eigenvalue weighted by atomic mass is 32.2. The average Bonchev–Trinajstić information content (AvgIpc) is 3.21. The van der Waals surface area contributed by atoms with Crippen molar-refractivity contribution in [3.05, 3.63) is 28.8 Å². The number of thioether (sulfide) groups is 1. The quantitative estimate of drug-likeness (QED) is 0.847. The summed E-state index contributed by atoms with van der Waals surface area (Å²) in [7, 11) is 0. The Morgan fingerprint density at radius 3 is 2.43 bits per heavy atom. The van der Waals surface area contributed by atoms with E-state index < -0.39 is 5.54 Å². The number of benzene rings is 1. The summed E-state index contributed by atoms with van der Waals surface area (Å²) >= 11 is 1.55. The van der Waals surface area contributed by atoms with Gasteiger partial charge in [0.2, 0.25) is 5.91 Å². The number of amides is 1. The fraction of sp³-hybridized carbons (Fsp3) is 0.529. The van der Waals surface area contributed by atoms with Crippen LogP contribution in [0.2, 0.25) is 0 Å².